The van der Waals surface area contributed by atoms with Gasteiger partial charge < -0.3 is 0 Å². The Kier molecular flexibility index (Phi) is 2.97. The average Bonchev–Trinajstić information content (AvgIpc) is 2.52. The van der Waals surface area contributed by atoms with Crippen LogP contribution in [0.1, 0.15) is 0 Å². The Morgan fingerprint density at radius 1 is 0.619 bits per heavy atom. The summed E-state index contributed by atoms with van der Waals surface area (Å²) in [7, 11) is 0. The lowest BCUT2D eigenvalue weighted by Gasteiger charge is -2.06. The van der Waals surface area contributed by atoms with Gasteiger partial charge in [-0.1, -0.05) is 52.3 Å². The molecule has 0 saturated heterocycles. The summed E-state index contributed by atoms with van der Waals surface area (Å²) in [5.74, 6) is 0. The Labute approximate surface area is 131 Å². The van der Waals surface area contributed by atoms with Crippen molar-refractivity contribution in [3.63, 3.8) is 0 Å². The maximum atomic E-state index is 4.72. The van der Waals surface area contributed by atoms with Gasteiger partial charge in [-0.2, -0.15) is 0 Å². The highest BCUT2D eigenvalue weighted by Crippen LogP contribution is 2.27. The molecule has 1 aromatic heterocycles. The largest absolute Gasteiger partial charge is 0.248 e. The van der Waals surface area contributed by atoms with Crippen LogP contribution in [-0.4, -0.2) is 4.98 Å². The van der Waals surface area contributed by atoms with Crippen molar-refractivity contribution in [2.75, 3.05) is 0 Å². The molecule has 3 aromatic carbocycles. The average molecular weight is 334 g/mol. The quantitative estimate of drug-likeness (QED) is 0.400. The van der Waals surface area contributed by atoms with Gasteiger partial charge in [0, 0.05) is 15.2 Å². The number of fused-ring (bicyclic) bond motifs is 2. The van der Waals surface area contributed by atoms with Crippen molar-refractivity contribution in [2.45, 2.75) is 0 Å². The first kappa shape index (κ1) is 12.5. The molecule has 4 rings (SSSR count). The Hall–Kier alpha value is -2.19. The van der Waals surface area contributed by atoms with Crippen LogP contribution in [0.25, 0.3) is 32.9 Å². The van der Waals surface area contributed by atoms with Crippen molar-refractivity contribution >= 4 is 37.7 Å². The number of benzene rings is 3. The van der Waals surface area contributed by atoms with Gasteiger partial charge in [-0.15, -0.1) is 0 Å². The van der Waals surface area contributed by atoms with Gasteiger partial charge in [0.15, 0.2) is 0 Å². The summed E-state index contributed by atoms with van der Waals surface area (Å²) < 4.78 is 1.09. The minimum absolute atomic E-state index is 1.03. The highest BCUT2D eigenvalue weighted by atomic mass is 79.9. The minimum Gasteiger partial charge on any atom is -0.248 e. The van der Waals surface area contributed by atoms with E-state index in [9.17, 15) is 0 Å². The number of para-hydroxylation sites is 1. The van der Waals surface area contributed by atoms with Crippen LogP contribution < -0.4 is 0 Å². The zero-order valence-electron chi connectivity index (χ0n) is 11.3. The third-order valence-electron chi connectivity index (χ3n) is 3.67. The molecule has 0 N–H and O–H groups in total. The maximum absolute atomic E-state index is 4.72. The third-order valence-corrected chi connectivity index (χ3v) is 4.17. The molecule has 21 heavy (non-hydrogen) atoms. The molecule has 1 heterocycles. The predicted octanol–water partition coefficient (Wildman–Crippen LogP) is 5.82. The van der Waals surface area contributed by atoms with E-state index in [2.05, 4.69) is 70.5 Å². The molecule has 100 valence electrons. The molecule has 0 unspecified atom stereocenters. The van der Waals surface area contributed by atoms with E-state index in [-0.39, 0.29) is 0 Å². The SMILES string of the molecule is Brc1cccc(-c2ccc3nc4ccccc4cc3c2)c1. The predicted molar refractivity (Wildman–Crippen MR) is 92.4 cm³/mol. The van der Waals surface area contributed by atoms with Gasteiger partial charge in [-0.3, -0.25) is 0 Å². The Bertz CT molecular complexity index is 960. The molecular formula is C19H12BrN. The lowest BCUT2D eigenvalue weighted by molar-refractivity contribution is 1.49. The summed E-state index contributed by atoms with van der Waals surface area (Å²) in [6.07, 6.45) is 0. The molecule has 1 nitrogen and oxygen atoms in total. The maximum Gasteiger partial charge on any atom is 0.0710 e. The smallest absolute Gasteiger partial charge is 0.0710 e. The highest BCUT2D eigenvalue weighted by molar-refractivity contribution is 9.10. The molecule has 0 aliphatic rings. The zero-order chi connectivity index (χ0) is 14.2. The van der Waals surface area contributed by atoms with Crippen molar-refractivity contribution in [2.24, 2.45) is 0 Å². The molecule has 0 fully saturated rings. The van der Waals surface area contributed by atoms with Crippen molar-refractivity contribution in [1.29, 1.82) is 0 Å². The highest BCUT2D eigenvalue weighted by Gasteiger charge is 2.03. The number of aromatic nitrogens is 1. The van der Waals surface area contributed by atoms with Crippen molar-refractivity contribution in [1.82, 2.24) is 4.98 Å². The van der Waals surface area contributed by atoms with Gasteiger partial charge in [-0.25, -0.2) is 4.98 Å². The summed E-state index contributed by atoms with van der Waals surface area (Å²) in [5, 5.41) is 2.35. The third kappa shape index (κ3) is 2.32. The monoisotopic (exact) mass is 333 g/mol. The molecule has 0 spiro atoms. The van der Waals surface area contributed by atoms with Crippen LogP contribution >= 0.6 is 15.9 Å². The van der Waals surface area contributed by atoms with Crippen LogP contribution in [0.2, 0.25) is 0 Å². The Morgan fingerprint density at radius 3 is 2.33 bits per heavy atom. The van der Waals surface area contributed by atoms with E-state index in [0.717, 1.165) is 15.5 Å². The number of hydrogen-bond donors (Lipinski definition) is 0. The zero-order valence-corrected chi connectivity index (χ0v) is 12.8. The molecule has 2 heteroatoms. The fourth-order valence-electron chi connectivity index (χ4n) is 2.63. The molecule has 0 radical (unpaired) electrons. The molecular weight excluding hydrogens is 322 g/mol. The van der Waals surface area contributed by atoms with Crippen LogP contribution in [0.15, 0.2) is 77.3 Å². The normalized spacial score (nSPS) is 11.1. The number of halogens is 1. The summed E-state index contributed by atoms with van der Waals surface area (Å²) >= 11 is 3.53. The number of rotatable bonds is 1. The van der Waals surface area contributed by atoms with Crippen molar-refractivity contribution in [3.8, 4) is 11.1 Å². The summed E-state index contributed by atoms with van der Waals surface area (Å²) in [6.45, 7) is 0. The van der Waals surface area contributed by atoms with E-state index in [1.165, 1.54) is 21.9 Å². The van der Waals surface area contributed by atoms with Gasteiger partial charge in [0.25, 0.3) is 0 Å². The van der Waals surface area contributed by atoms with E-state index in [4.69, 9.17) is 4.98 Å². The standard InChI is InChI=1S/C19H12BrN/c20-17-6-3-5-13(12-17)14-8-9-19-16(10-14)11-15-4-1-2-7-18(15)21-19/h1-12H. The van der Waals surface area contributed by atoms with Crippen molar-refractivity contribution in [3.05, 3.63) is 77.3 Å². The summed E-state index contributed by atoms with van der Waals surface area (Å²) in [4.78, 5) is 4.72. The Balaban J connectivity index is 1.95. The first-order chi connectivity index (χ1) is 10.3. The Morgan fingerprint density at radius 2 is 1.43 bits per heavy atom. The molecule has 0 atom stereocenters. The van der Waals surface area contributed by atoms with E-state index >= 15 is 0 Å². The number of pyridine rings is 1. The molecule has 0 aliphatic heterocycles. The van der Waals surface area contributed by atoms with Crippen LogP contribution in [-0.2, 0) is 0 Å². The number of hydrogen-bond acceptors (Lipinski definition) is 1. The van der Waals surface area contributed by atoms with E-state index < -0.39 is 0 Å². The fraction of sp³-hybridized carbons (Fsp3) is 0. The molecule has 0 aliphatic carbocycles. The van der Waals surface area contributed by atoms with E-state index in [1.807, 2.05) is 18.2 Å². The summed E-state index contributed by atoms with van der Waals surface area (Å²) in [5.41, 5.74) is 4.49. The van der Waals surface area contributed by atoms with E-state index in [0.29, 0.717) is 0 Å². The lowest BCUT2D eigenvalue weighted by Crippen LogP contribution is -1.84. The first-order valence-corrected chi connectivity index (χ1v) is 7.64. The van der Waals surface area contributed by atoms with Crippen LogP contribution in [0.3, 0.4) is 0 Å². The van der Waals surface area contributed by atoms with Crippen LogP contribution in [0, 0.1) is 0 Å². The number of nitrogens with zero attached hydrogens (tertiary/aromatic N) is 1. The minimum atomic E-state index is 1.03. The molecule has 0 saturated carbocycles. The van der Waals surface area contributed by atoms with Gasteiger partial charge in [-0.05, 0) is 47.5 Å². The fourth-order valence-corrected chi connectivity index (χ4v) is 3.03. The summed E-state index contributed by atoms with van der Waals surface area (Å²) in [6, 6.07) is 25.2. The molecule has 0 amide bonds. The van der Waals surface area contributed by atoms with Gasteiger partial charge in [0.1, 0.15) is 0 Å². The second-order valence-electron chi connectivity index (χ2n) is 5.10. The van der Waals surface area contributed by atoms with E-state index in [1.54, 1.807) is 0 Å². The topological polar surface area (TPSA) is 12.9 Å². The van der Waals surface area contributed by atoms with Gasteiger partial charge in [0.2, 0.25) is 0 Å². The second kappa shape index (κ2) is 4.97. The van der Waals surface area contributed by atoms with Crippen LogP contribution in [0.4, 0.5) is 0 Å². The molecule has 4 aromatic rings. The molecule has 0 bridgehead atoms. The first-order valence-electron chi connectivity index (χ1n) is 6.85. The second-order valence-corrected chi connectivity index (χ2v) is 6.01. The van der Waals surface area contributed by atoms with Crippen molar-refractivity contribution < 1.29 is 0 Å². The van der Waals surface area contributed by atoms with Gasteiger partial charge in [0.05, 0.1) is 11.0 Å². The van der Waals surface area contributed by atoms with Gasteiger partial charge >= 0.3 is 0 Å². The lowest BCUT2D eigenvalue weighted by atomic mass is 10.0. The van der Waals surface area contributed by atoms with Crippen LogP contribution in [0.5, 0.6) is 0 Å².